The number of hydrogen-bond donors (Lipinski definition) is 1. The molecule has 1 unspecified atom stereocenters. The summed E-state index contributed by atoms with van der Waals surface area (Å²) in [6.45, 7) is 5.02. The zero-order valence-electron chi connectivity index (χ0n) is 12.5. The molecular weight excluding hydrogens is 324 g/mol. The smallest absolute Gasteiger partial charge is 0.0484 e. The van der Waals surface area contributed by atoms with Crippen LogP contribution in [0.1, 0.15) is 20.3 Å². The van der Waals surface area contributed by atoms with Crippen LogP contribution in [0.5, 0.6) is 0 Å². The first kappa shape index (κ1) is 15.8. The SMILES string of the molecule is CC=NC(C)CCNc1cc(Br)ccc1-c1ccccc1. The second kappa shape index (κ2) is 7.99. The quantitative estimate of drug-likeness (QED) is 0.697. The van der Waals surface area contributed by atoms with Crippen LogP contribution in [-0.4, -0.2) is 18.8 Å². The summed E-state index contributed by atoms with van der Waals surface area (Å²) in [6, 6.07) is 17.2. The molecule has 2 aromatic rings. The lowest BCUT2D eigenvalue weighted by atomic mass is 10.0. The summed E-state index contributed by atoms with van der Waals surface area (Å²) in [7, 11) is 0. The van der Waals surface area contributed by atoms with E-state index >= 15 is 0 Å². The topological polar surface area (TPSA) is 24.4 Å². The van der Waals surface area contributed by atoms with Crippen molar-refractivity contribution in [1.29, 1.82) is 0 Å². The molecule has 2 aromatic carbocycles. The van der Waals surface area contributed by atoms with E-state index < -0.39 is 0 Å². The lowest BCUT2D eigenvalue weighted by Crippen LogP contribution is -2.09. The van der Waals surface area contributed by atoms with Gasteiger partial charge < -0.3 is 5.32 Å². The third kappa shape index (κ3) is 4.71. The van der Waals surface area contributed by atoms with Crippen molar-refractivity contribution < 1.29 is 0 Å². The summed E-state index contributed by atoms with van der Waals surface area (Å²) in [5.41, 5.74) is 3.61. The third-order valence-corrected chi connectivity index (χ3v) is 3.84. The molecule has 1 atom stereocenters. The van der Waals surface area contributed by atoms with Gasteiger partial charge in [0.05, 0.1) is 0 Å². The molecule has 1 N–H and O–H groups in total. The molecule has 3 heteroatoms. The lowest BCUT2D eigenvalue weighted by Gasteiger charge is -2.14. The number of hydrogen-bond acceptors (Lipinski definition) is 2. The van der Waals surface area contributed by atoms with Crippen molar-refractivity contribution in [1.82, 2.24) is 0 Å². The van der Waals surface area contributed by atoms with Gasteiger partial charge in [-0.1, -0.05) is 52.3 Å². The van der Waals surface area contributed by atoms with Crippen LogP contribution in [0.4, 0.5) is 5.69 Å². The second-order valence-corrected chi connectivity index (χ2v) is 5.94. The molecule has 0 spiro atoms. The van der Waals surface area contributed by atoms with Crippen LogP contribution < -0.4 is 5.32 Å². The Hall–Kier alpha value is -1.61. The fraction of sp³-hybridized carbons (Fsp3) is 0.278. The minimum atomic E-state index is 0.356. The van der Waals surface area contributed by atoms with Crippen LogP contribution in [-0.2, 0) is 0 Å². The lowest BCUT2D eigenvalue weighted by molar-refractivity contribution is 0.695. The van der Waals surface area contributed by atoms with Crippen molar-refractivity contribution in [3.8, 4) is 11.1 Å². The zero-order valence-corrected chi connectivity index (χ0v) is 14.1. The zero-order chi connectivity index (χ0) is 15.1. The Morgan fingerprint density at radius 1 is 1.19 bits per heavy atom. The molecule has 0 aliphatic heterocycles. The Morgan fingerprint density at radius 3 is 2.67 bits per heavy atom. The van der Waals surface area contributed by atoms with E-state index in [-0.39, 0.29) is 0 Å². The van der Waals surface area contributed by atoms with Crippen LogP contribution >= 0.6 is 15.9 Å². The summed E-state index contributed by atoms with van der Waals surface area (Å²) in [4.78, 5) is 4.38. The maximum Gasteiger partial charge on any atom is 0.0484 e. The van der Waals surface area contributed by atoms with Gasteiger partial charge in [-0.05, 0) is 44.2 Å². The number of halogens is 1. The molecule has 0 radical (unpaired) electrons. The molecule has 110 valence electrons. The Morgan fingerprint density at radius 2 is 1.95 bits per heavy atom. The van der Waals surface area contributed by atoms with E-state index in [1.165, 1.54) is 11.1 Å². The first-order valence-electron chi connectivity index (χ1n) is 7.27. The molecule has 0 fully saturated rings. The summed E-state index contributed by atoms with van der Waals surface area (Å²) in [6.07, 6.45) is 2.89. The molecule has 0 aromatic heterocycles. The number of rotatable bonds is 6. The molecule has 0 amide bonds. The van der Waals surface area contributed by atoms with Gasteiger partial charge in [-0.25, -0.2) is 0 Å². The highest BCUT2D eigenvalue weighted by Crippen LogP contribution is 2.30. The largest absolute Gasteiger partial charge is 0.384 e. The molecule has 0 bridgehead atoms. The first-order valence-corrected chi connectivity index (χ1v) is 8.06. The van der Waals surface area contributed by atoms with Crippen LogP contribution in [0.15, 0.2) is 58.0 Å². The van der Waals surface area contributed by atoms with E-state index in [4.69, 9.17) is 0 Å². The summed E-state index contributed by atoms with van der Waals surface area (Å²) < 4.78 is 1.09. The Balaban J connectivity index is 2.13. The Kier molecular flexibility index (Phi) is 6.00. The molecule has 0 saturated carbocycles. The molecule has 21 heavy (non-hydrogen) atoms. The molecule has 0 heterocycles. The number of anilines is 1. The number of nitrogens with zero attached hydrogens (tertiary/aromatic N) is 1. The molecule has 0 saturated heterocycles. The summed E-state index contributed by atoms with van der Waals surface area (Å²) in [5.74, 6) is 0. The van der Waals surface area contributed by atoms with Crippen molar-refractivity contribution >= 4 is 27.8 Å². The van der Waals surface area contributed by atoms with E-state index in [2.05, 4.69) is 75.6 Å². The first-order chi connectivity index (χ1) is 10.2. The highest BCUT2D eigenvalue weighted by atomic mass is 79.9. The third-order valence-electron chi connectivity index (χ3n) is 3.35. The predicted molar refractivity (Wildman–Crippen MR) is 96.3 cm³/mol. The van der Waals surface area contributed by atoms with E-state index in [1.807, 2.05) is 19.2 Å². The number of aliphatic imine (C=N–C) groups is 1. The fourth-order valence-electron chi connectivity index (χ4n) is 2.28. The average molecular weight is 345 g/mol. The molecule has 0 aliphatic carbocycles. The van der Waals surface area contributed by atoms with Crippen LogP contribution in [0.25, 0.3) is 11.1 Å². The van der Waals surface area contributed by atoms with Crippen molar-refractivity contribution in [3.05, 3.63) is 53.0 Å². The van der Waals surface area contributed by atoms with Gasteiger partial charge in [-0.2, -0.15) is 0 Å². The van der Waals surface area contributed by atoms with Crippen molar-refractivity contribution in [2.75, 3.05) is 11.9 Å². The van der Waals surface area contributed by atoms with Gasteiger partial charge in [0.25, 0.3) is 0 Å². The molecular formula is C18H21BrN2. The minimum absolute atomic E-state index is 0.356. The predicted octanol–water partition coefficient (Wildman–Crippen LogP) is 5.40. The Labute approximate surface area is 135 Å². The van der Waals surface area contributed by atoms with Crippen molar-refractivity contribution in [2.45, 2.75) is 26.3 Å². The monoisotopic (exact) mass is 344 g/mol. The van der Waals surface area contributed by atoms with Gasteiger partial charge in [0.1, 0.15) is 0 Å². The van der Waals surface area contributed by atoms with E-state index in [0.29, 0.717) is 6.04 Å². The van der Waals surface area contributed by atoms with E-state index in [0.717, 1.165) is 23.1 Å². The van der Waals surface area contributed by atoms with Crippen LogP contribution in [0.3, 0.4) is 0 Å². The maximum absolute atomic E-state index is 4.38. The van der Waals surface area contributed by atoms with Gasteiger partial charge in [0.15, 0.2) is 0 Å². The van der Waals surface area contributed by atoms with Gasteiger partial charge in [-0.15, -0.1) is 0 Å². The average Bonchev–Trinajstić information content (AvgIpc) is 2.48. The highest BCUT2D eigenvalue weighted by Gasteiger charge is 2.06. The normalized spacial score (nSPS) is 12.5. The van der Waals surface area contributed by atoms with Gasteiger partial charge in [-0.3, -0.25) is 4.99 Å². The van der Waals surface area contributed by atoms with Gasteiger partial charge in [0, 0.05) is 28.3 Å². The van der Waals surface area contributed by atoms with Crippen LogP contribution in [0, 0.1) is 0 Å². The minimum Gasteiger partial charge on any atom is -0.384 e. The Bertz CT molecular complexity index is 593. The number of benzene rings is 2. The second-order valence-electron chi connectivity index (χ2n) is 5.03. The summed E-state index contributed by atoms with van der Waals surface area (Å²) in [5, 5.41) is 3.54. The highest BCUT2D eigenvalue weighted by molar-refractivity contribution is 9.10. The molecule has 2 nitrogen and oxygen atoms in total. The molecule has 2 rings (SSSR count). The van der Waals surface area contributed by atoms with E-state index in [1.54, 1.807) is 0 Å². The summed E-state index contributed by atoms with van der Waals surface area (Å²) >= 11 is 3.55. The number of nitrogens with one attached hydrogen (secondary N) is 1. The van der Waals surface area contributed by atoms with E-state index in [9.17, 15) is 0 Å². The van der Waals surface area contributed by atoms with Crippen molar-refractivity contribution in [2.24, 2.45) is 4.99 Å². The fourth-order valence-corrected chi connectivity index (χ4v) is 2.64. The molecule has 0 aliphatic rings. The van der Waals surface area contributed by atoms with Gasteiger partial charge >= 0.3 is 0 Å². The van der Waals surface area contributed by atoms with Gasteiger partial charge in [0.2, 0.25) is 0 Å². The van der Waals surface area contributed by atoms with Crippen molar-refractivity contribution in [3.63, 3.8) is 0 Å². The van der Waals surface area contributed by atoms with Crippen LogP contribution in [0.2, 0.25) is 0 Å². The standard InChI is InChI=1S/C18H21BrN2/c1-3-20-14(2)11-12-21-18-13-16(19)9-10-17(18)15-7-5-4-6-8-15/h3-10,13-14,21H,11-12H2,1-2H3. The maximum atomic E-state index is 4.38.